The van der Waals surface area contributed by atoms with Crippen molar-refractivity contribution in [3.05, 3.63) is 68.6 Å². The van der Waals surface area contributed by atoms with E-state index in [2.05, 4.69) is 10.6 Å². The van der Waals surface area contributed by atoms with Gasteiger partial charge in [0.05, 0.1) is 4.75 Å². The normalized spacial score (nSPS) is 14.5. The molecule has 2 N–H and O–H groups in total. The molecule has 33 heavy (non-hydrogen) atoms. The molecule has 0 unspecified atom stereocenters. The lowest BCUT2D eigenvalue weighted by Crippen LogP contribution is -2.38. The molecular weight excluding hydrogens is 489 g/mol. The highest BCUT2D eigenvalue weighted by atomic mass is 35.5. The molecule has 1 aromatic heterocycles. The summed E-state index contributed by atoms with van der Waals surface area (Å²) in [6.45, 7) is 0.397. The Bertz CT molecular complexity index is 1210. The zero-order valence-corrected chi connectivity index (χ0v) is 20.4. The van der Waals surface area contributed by atoms with E-state index in [-0.39, 0.29) is 36.8 Å². The summed E-state index contributed by atoms with van der Waals surface area (Å²) in [6.07, 6.45) is 2.68. The highest BCUT2D eigenvalue weighted by Crippen LogP contribution is 2.45. The third kappa shape index (κ3) is 5.96. The summed E-state index contributed by atoms with van der Waals surface area (Å²) in [6, 6.07) is 9.62. The summed E-state index contributed by atoms with van der Waals surface area (Å²) >= 11 is 11.7. The number of nitrogens with zero attached hydrogens (tertiary/aromatic N) is 1. The van der Waals surface area contributed by atoms with Gasteiger partial charge in [-0.05, 0) is 49.1 Å². The Hall–Kier alpha value is -2.36. The van der Waals surface area contributed by atoms with Crippen molar-refractivity contribution in [2.24, 2.45) is 0 Å². The summed E-state index contributed by atoms with van der Waals surface area (Å²) in [5.41, 5.74) is 0.123. The summed E-state index contributed by atoms with van der Waals surface area (Å²) < 4.78 is 24.2. The molecular formula is C22H25Cl2N3O5S. The molecule has 0 atom stereocenters. The zero-order chi connectivity index (χ0) is 24.2. The first kappa shape index (κ1) is 25.3. The zero-order valence-electron chi connectivity index (χ0n) is 18.1. The van der Waals surface area contributed by atoms with Gasteiger partial charge in [-0.15, -0.1) is 11.6 Å². The fourth-order valence-corrected chi connectivity index (χ4v) is 5.19. The van der Waals surface area contributed by atoms with E-state index in [4.69, 9.17) is 23.2 Å². The van der Waals surface area contributed by atoms with E-state index in [1.54, 1.807) is 24.3 Å². The van der Waals surface area contributed by atoms with Crippen molar-refractivity contribution in [2.45, 2.75) is 37.1 Å². The van der Waals surface area contributed by atoms with Gasteiger partial charge in [-0.1, -0.05) is 23.7 Å². The third-order valence-electron chi connectivity index (χ3n) is 5.79. The Morgan fingerprint density at radius 3 is 2.30 bits per heavy atom. The Kier molecular flexibility index (Phi) is 7.87. The van der Waals surface area contributed by atoms with E-state index in [1.165, 1.54) is 18.4 Å². The van der Waals surface area contributed by atoms with Crippen LogP contribution in [0.25, 0.3) is 0 Å². The fourth-order valence-electron chi connectivity index (χ4n) is 3.58. The molecule has 11 heteroatoms. The lowest BCUT2D eigenvalue weighted by molar-refractivity contribution is 0.0929. The molecule has 2 amide bonds. The summed E-state index contributed by atoms with van der Waals surface area (Å²) in [5, 5.41) is 5.93. The second-order valence-electron chi connectivity index (χ2n) is 8.05. The predicted molar refractivity (Wildman–Crippen MR) is 128 cm³/mol. The van der Waals surface area contributed by atoms with E-state index < -0.39 is 32.0 Å². The number of sulfone groups is 1. The van der Waals surface area contributed by atoms with Crippen molar-refractivity contribution in [1.82, 2.24) is 15.2 Å². The van der Waals surface area contributed by atoms with Gasteiger partial charge in [-0.25, -0.2) is 8.42 Å². The summed E-state index contributed by atoms with van der Waals surface area (Å²) in [5.74, 6) is -1.04. The first-order chi connectivity index (χ1) is 15.6. The van der Waals surface area contributed by atoms with Crippen molar-refractivity contribution in [1.29, 1.82) is 0 Å². The molecule has 0 spiro atoms. The number of amides is 2. The number of hydrogen-bond acceptors (Lipinski definition) is 5. The van der Waals surface area contributed by atoms with Gasteiger partial charge in [-0.2, -0.15) is 0 Å². The minimum Gasteiger partial charge on any atom is -0.351 e. The Balaban J connectivity index is 1.70. The van der Waals surface area contributed by atoms with Crippen molar-refractivity contribution in [2.75, 3.05) is 18.7 Å². The molecule has 3 rings (SSSR count). The highest BCUT2D eigenvalue weighted by Gasteiger charge is 2.51. The first-order valence-electron chi connectivity index (χ1n) is 10.4. The number of aromatic nitrogens is 1. The van der Waals surface area contributed by atoms with Gasteiger partial charge in [-0.3, -0.25) is 14.4 Å². The second-order valence-corrected chi connectivity index (χ2v) is 11.3. The molecule has 1 aliphatic carbocycles. The van der Waals surface area contributed by atoms with Crippen LogP contribution in [-0.2, 0) is 22.9 Å². The third-order valence-corrected chi connectivity index (χ3v) is 8.39. The van der Waals surface area contributed by atoms with Gasteiger partial charge in [0.2, 0.25) is 0 Å². The van der Waals surface area contributed by atoms with Crippen LogP contribution in [0, 0.1) is 0 Å². The number of rotatable bonds is 10. The van der Waals surface area contributed by atoms with Gasteiger partial charge < -0.3 is 15.2 Å². The average molecular weight is 514 g/mol. The number of pyridine rings is 1. The summed E-state index contributed by atoms with van der Waals surface area (Å²) in [7, 11) is -3.20. The number of alkyl halides is 1. The highest BCUT2D eigenvalue weighted by molar-refractivity contribution is 7.92. The lowest BCUT2D eigenvalue weighted by Gasteiger charge is -2.16. The van der Waals surface area contributed by atoms with E-state index in [0.717, 1.165) is 10.1 Å². The number of benzene rings is 1. The van der Waals surface area contributed by atoms with Crippen LogP contribution in [0.1, 0.15) is 45.7 Å². The Morgan fingerprint density at radius 2 is 1.73 bits per heavy atom. The maximum Gasteiger partial charge on any atom is 0.268 e. The van der Waals surface area contributed by atoms with Gasteiger partial charge >= 0.3 is 0 Å². The van der Waals surface area contributed by atoms with Crippen LogP contribution in [0.5, 0.6) is 0 Å². The predicted octanol–water partition coefficient (Wildman–Crippen LogP) is 2.37. The van der Waals surface area contributed by atoms with Crippen molar-refractivity contribution >= 4 is 44.9 Å². The topological polar surface area (TPSA) is 114 Å². The van der Waals surface area contributed by atoms with E-state index in [0.29, 0.717) is 24.3 Å². The van der Waals surface area contributed by atoms with Crippen LogP contribution >= 0.6 is 23.2 Å². The van der Waals surface area contributed by atoms with Crippen LogP contribution in [0.2, 0.25) is 5.02 Å². The van der Waals surface area contributed by atoms with E-state index >= 15 is 0 Å². The largest absolute Gasteiger partial charge is 0.351 e. The molecule has 0 radical (unpaired) electrons. The van der Waals surface area contributed by atoms with E-state index in [9.17, 15) is 22.8 Å². The smallest absolute Gasteiger partial charge is 0.268 e. The molecule has 1 fully saturated rings. The molecule has 1 aliphatic rings. The number of hydrogen-bond donors (Lipinski definition) is 2. The maximum absolute atomic E-state index is 12.9. The van der Waals surface area contributed by atoms with E-state index in [1.807, 2.05) is 0 Å². The SMILES string of the molecule is CS(=O)(=O)C1(CCNC(=O)c2ccc(C(=O)NCc3ccc(Cl)cc3)c(=O)n2CCCl)CC1. The second kappa shape index (κ2) is 10.3. The van der Waals surface area contributed by atoms with Crippen LogP contribution in [0.3, 0.4) is 0 Å². The molecule has 8 nitrogen and oxygen atoms in total. The molecule has 178 valence electrons. The van der Waals surface area contributed by atoms with Gasteiger partial charge in [0, 0.05) is 36.8 Å². The quantitative estimate of drug-likeness (QED) is 0.473. The molecule has 0 saturated heterocycles. The van der Waals surface area contributed by atoms with Gasteiger partial charge in [0.25, 0.3) is 17.4 Å². The lowest BCUT2D eigenvalue weighted by atomic mass is 10.2. The first-order valence-corrected chi connectivity index (χ1v) is 13.2. The number of nitrogens with one attached hydrogen (secondary N) is 2. The van der Waals surface area contributed by atoms with Gasteiger partial charge in [0.15, 0.2) is 9.84 Å². The summed E-state index contributed by atoms with van der Waals surface area (Å²) in [4.78, 5) is 38.2. The number of carbonyl (C=O) groups is 2. The maximum atomic E-state index is 12.9. The van der Waals surface area contributed by atoms with Crippen molar-refractivity contribution in [3.63, 3.8) is 0 Å². The molecule has 1 heterocycles. The molecule has 0 aliphatic heterocycles. The molecule has 2 aromatic rings. The van der Waals surface area contributed by atoms with Gasteiger partial charge in [0.1, 0.15) is 11.3 Å². The van der Waals surface area contributed by atoms with Crippen LogP contribution in [0.4, 0.5) is 0 Å². The van der Waals surface area contributed by atoms with Crippen molar-refractivity contribution < 1.29 is 18.0 Å². The monoisotopic (exact) mass is 513 g/mol. The Morgan fingerprint density at radius 1 is 1.06 bits per heavy atom. The molecule has 1 aromatic carbocycles. The standard InChI is InChI=1S/C22H25Cl2N3O5S/c1-33(31,32)22(8-9-22)10-12-25-20(29)18-7-6-17(21(30)27(18)13-11-23)19(28)26-14-15-2-4-16(24)5-3-15/h2-7H,8-14H2,1H3,(H,25,29)(H,26,28). The van der Waals surface area contributed by atoms with Crippen LogP contribution in [-0.4, -0.2) is 48.2 Å². The molecule has 0 bridgehead atoms. The van der Waals surface area contributed by atoms with Crippen LogP contribution in [0.15, 0.2) is 41.2 Å². The minimum absolute atomic E-state index is 0.0364. The Labute approximate surface area is 202 Å². The molecule has 1 saturated carbocycles. The fraction of sp³-hybridized carbons (Fsp3) is 0.409. The van der Waals surface area contributed by atoms with Crippen LogP contribution < -0.4 is 16.2 Å². The number of halogens is 2. The minimum atomic E-state index is -3.20. The number of carbonyl (C=O) groups excluding carboxylic acids is 2. The van der Waals surface area contributed by atoms with Crippen molar-refractivity contribution in [3.8, 4) is 0 Å². The average Bonchev–Trinajstić information content (AvgIpc) is 3.56.